The molecule has 2 aliphatic rings. The highest BCUT2D eigenvalue weighted by Gasteiger charge is 2.35. The standard InChI is InChI=1S/C23H30N2O3/c1-23(2,3)16-9-10-19-18(13-16)21(24-28-19)22(26)25(4)14-20-17-8-6-5-7-15(17)11-12-27-20/h5-8,16,20H,9-14H2,1-4H3/t16-,20-/m0/s1. The fourth-order valence-electron chi connectivity index (χ4n) is 4.45. The molecule has 5 nitrogen and oxygen atoms in total. The molecule has 0 bridgehead atoms. The Bertz CT molecular complexity index is 865. The van der Waals surface area contributed by atoms with Crippen LogP contribution in [0.4, 0.5) is 0 Å². The lowest BCUT2D eigenvalue weighted by molar-refractivity contribution is 0.0197. The van der Waals surface area contributed by atoms with Gasteiger partial charge in [0, 0.05) is 19.0 Å². The SMILES string of the molecule is CN(C[C@@H]1OCCc2ccccc21)C(=O)c1noc2c1C[C@@H](C(C)(C)C)CC2. The molecule has 1 aromatic heterocycles. The maximum atomic E-state index is 13.2. The summed E-state index contributed by atoms with van der Waals surface area (Å²) in [5.74, 6) is 1.34. The molecule has 1 aliphatic heterocycles. The maximum Gasteiger partial charge on any atom is 0.276 e. The zero-order valence-corrected chi connectivity index (χ0v) is 17.3. The number of fused-ring (bicyclic) bond motifs is 2. The van der Waals surface area contributed by atoms with Crippen LogP contribution in [0.1, 0.15) is 66.2 Å². The van der Waals surface area contributed by atoms with Crippen LogP contribution in [0, 0.1) is 11.3 Å². The van der Waals surface area contributed by atoms with Gasteiger partial charge in [-0.1, -0.05) is 50.2 Å². The predicted octanol–water partition coefficient (Wildman–Crippen LogP) is 4.21. The van der Waals surface area contributed by atoms with Crippen molar-refractivity contribution in [3.63, 3.8) is 0 Å². The number of aryl methyl sites for hydroxylation is 1. The van der Waals surface area contributed by atoms with Crippen LogP contribution in [-0.4, -0.2) is 36.2 Å². The molecular weight excluding hydrogens is 352 g/mol. The number of benzene rings is 1. The van der Waals surface area contributed by atoms with E-state index in [2.05, 4.69) is 44.1 Å². The number of ether oxygens (including phenoxy) is 1. The lowest BCUT2D eigenvalue weighted by Gasteiger charge is -2.33. The topological polar surface area (TPSA) is 55.6 Å². The molecule has 5 heteroatoms. The minimum absolute atomic E-state index is 0.0776. The van der Waals surface area contributed by atoms with Gasteiger partial charge in [-0.3, -0.25) is 4.79 Å². The minimum Gasteiger partial charge on any atom is -0.371 e. The average Bonchev–Trinajstić information content (AvgIpc) is 3.10. The lowest BCUT2D eigenvalue weighted by Crippen LogP contribution is -2.35. The Morgan fingerprint density at radius 3 is 2.82 bits per heavy atom. The summed E-state index contributed by atoms with van der Waals surface area (Å²) in [4.78, 5) is 14.9. The van der Waals surface area contributed by atoms with Crippen LogP contribution in [-0.2, 0) is 24.0 Å². The van der Waals surface area contributed by atoms with E-state index in [9.17, 15) is 4.79 Å². The number of amides is 1. The van der Waals surface area contributed by atoms with Crippen LogP contribution in [0.3, 0.4) is 0 Å². The van der Waals surface area contributed by atoms with E-state index in [1.54, 1.807) is 4.90 Å². The third-order valence-electron chi connectivity index (χ3n) is 6.35. The third-order valence-corrected chi connectivity index (χ3v) is 6.35. The Morgan fingerprint density at radius 1 is 1.25 bits per heavy atom. The van der Waals surface area contributed by atoms with Gasteiger partial charge in [-0.05, 0) is 41.7 Å². The van der Waals surface area contributed by atoms with E-state index in [0.717, 1.165) is 37.0 Å². The van der Waals surface area contributed by atoms with E-state index < -0.39 is 0 Å². The van der Waals surface area contributed by atoms with Crippen molar-refractivity contribution < 1.29 is 14.1 Å². The molecule has 0 saturated carbocycles. The number of hydrogen-bond donors (Lipinski definition) is 0. The first kappa shape index (κ1) is 19.2. The molecule has 1 aromatic carbocycles. The molecule has 2 heterocycles. The fourth-order valence-corrected chi connectivity index (χ4v) is 4.45. The van der Waals surface area contributed by atoms with Crippen LogP contribution in [0.2, 0.25) is 0 Å². The van der Waals surface area contributed by atoms with Gasteiger partial charge in [-0.25, -0.2) is 0 Å². The first-order valence-corrected chi connectivity index (χ1v) is 10.3. The van der Waals surface area contributed by atoms with E-state index in [1.165, 1.54) is 11.1 Å². The van der Waals surface area contributed by atoms with Gasteiger partial charge in [-0.2, -0.15) is 0 Å². The summed E-state index contributed by atoms with van der Waals surface area (Å²) >= 11 is 0. The molecular formula is C23H30N2O3. The molecule has 28 heavy (non-hydrogen) atoms. The maximum absolute atomic E-state index is 13.2. The molecule has 0 saturated heterocycles. The Kier molecular flexibility index (Phi) is 5.04. The van der Waals surface area contributed by atoms with Crippen LogP contribution in [0.25, 0.3) is 0 Å². The Balaban J connectivity index is 1.51. The monoisotopic (exact) mass is 382 g/mol. The summed E-state index contributed by atoms with van der Waals surface area (Å²) in [5, 5.41) is 4.17. The molecule has 0 unspecified atom stereocenters. The second kappa shape index (κ2) is 7.36. The van der Waals surface area contributed by atoms with Gasteiger partial charge in [0.1, 0.15) is 11.9 Å². The van der Waals surface area contributed by atoms with E-state index in [4.69, 9.17) is 9.26 Å². The lowest BCUT2D eigenvalue weighted by atomic mass is 9.71. The smallest absolute Gasteiger partial charge is 0.276 e. The fraction of sp³-hybridized carbons (Fsp3) is 0.565. The largest absolute Gasteiger partial charge is 0.371 e. The molecule has 1 aliphatic carbocycles. The van der Waals surface area contributed by atoms with Gasteiger partial charge < -0.3 is 14.2 Å². The molecule has 1 amide bonds. The van der Waals surface area contributed by atoms with Crippen molar-refractivity contribution in [3.05, 3.63) is 52.4 Å². The van der Waals surface area contributed by atoms with Crippen molar-refractivity contribution >= 4 is 5.91 Å². The molecule has 0 spiro atoms. The molecule has 0 radical (unpaired) electrons. The minimum atomic E-state index is -0.0936. The quantitative estimate of drug-likeness (QED) is 0.798. The van der Waals surface area contributed by atoms with Crippen LogP contribution < -0.4 is 0 Å². The van der Waals surface area contributed by atoms with Crippen LogP contribution in [0.5, 0.6) is 0 Å². The number of aromatic nitrogens is 1. The summed E-state index contributed by atoms with van der Waals surface area (Å²) in [6, 6.07) is 8.34. The van der Waals surface area contributed by atoms with Crippen molar-refractivity contribution in [1.82, 2.24) is 10.1 Å². The molecule has 0 fully saturated rings. The summed E-state index contributed by atoms with van der Waals surface area (Å²) in [5.41, 5.74) is 4.19. The van der Waals surface area contributed by atoms with Crippen molar-refractivity contribution in [2.24, 2.45) is 11.3 Å². The number of carbonyl (C=O) groups is 1. The zero-order chi connectivity index (χ0) is 19.9. The average molecular weight is 383 g/mol. The summed E-state index contributed by atoms with van der Waals surface area (Å²) in [6.45, 7) is 8.00. The molecule has 2 aromatic rings. The van der Waals surface area contributed by atoms with Crippen molar-refractivity contribution in [3.8, 4) is 0 Å². The molecule has 4 rings (SSSR count). The van der Waals surface area contributed by atoms with Crippen LogP contribution in [0.15, 0.2) is 28.8 Å². The summed E-state index contributed by atoms with van der Waals surface area (Å²) < 4.78 is 11.5. The third kappa shape index (κ3) is 3.60. The highest BCUT2D eigenvalue weighted by molar-refractivity contribution is 5.93. The van der Waals surface area contributed by atoms with E-state index >= 15 is 0 Å². The summed E-state index contributed by atoms with van der Waals surface area (Å²) in [7, 11) is 1.83. The van der Waals surface area contributed by atoms with Gasteiger partial charge in [-0.15, -0.1) is 0 Å². The highest BCUT2D eigenvalue weighted by atomic mass is 16.5. The Morgan fingerprint density at radius 2 is 2.04 bits per heavy atom. The van der Waals surface area contributed by atoms with Crippen LogP contribution >= 0.6 is 0 Å². The summed E-state index contributed by atoms with van der Waals surface area (Å²) in [6.07, 6.45) is 3.64. The number of likely N-dealkylation sites (N-methyl/N-ethyl adjacent to an activating group) is 1. The first-order chi connectivity index (χ1) is 13.3. The number of hydrogen-bond acceptors (Lipinski definition) is 4. The second-order valence-corrected chi connectivity index (χ2v) is 9.23. The molecule has 2 atom stereocenters. The van der Waals surface area contributed by atoms with E-state index in [1.807, 2.05) is 13.1 Å². The molecule has 150 valence electrons. The van der Waals surface area contributed by atoms with Crippen molar-refractivity contribution in [2.75, 3.05) is 20.2 Å². The number of carbonyl (C=O) groups excluding carboxylic acids is 1. The van der Waals surface area contributed by atoms with Crippen molar-refractivity contribution in [1.29, 1.82) is 0 Å². The van der Waals surface area contributed by atoms with Gasteiger partial charge in [0.15, 0.2) is 5.69 Å². The molecule has 0 N–H and O–H groups in total. The normalized spacial score (nSPS) is 21.7. The Hall–Kier alpha value is -2.14. The van der Waals surface area contributed by atoms with E-state index in [-0.39, 0.29) is 17.4 Å². The zero-order valence-electron chi connectivity index (χ0n) is 17.3. The number of nitrogens with zero attached hydrogens (tertiary/aromatic N) is 2. The van der Waals surface area contributed by atoms with Gasteiger partial charge in [0.25, 0.3) is 5.91 Å². The first-order valence-electron chi connectivity index (χ1n) is 10.3. The van der Waals surface area contributed by atoms with E-state index in [0.29, 0.717) is 24.8 Å². The van der Waals surface area contributed by atoms with Crippen molar-refractivity contribution in [2.45, 2.75) is 52.6 Å². The Labute approximate surface area is 167 Å². The van der Waals surface area contributed by atoms with Gasteiger partial charge in [0.05, 0.1) is 13.2 Å². The predicted molar refractivity (Wildman–Crippen MR) is 107 cm³/mol. The second-order valence-electron chi connectivity index (χ2n) is 9.23. The van der Waals surface area contributed by atoms with Gasteiger partial charge >= 0.3 is 0 Å². The highest BCUT2D eigenvalue weighted by Crippen LogP contribution is 2.38. The number of rotatable bonds is 3. The van der Waals surface area contributed by atoms with Gasteiger partial charge in [0.2, 0.25) is 0 Å².